The van der Waals surface area contributed by atoms with E-state index in [-0.39, 0.29) is 0 Å². The van der Waals surface area contributed by atoms with Crippen LogP contribution >= 0.6 is 0 Å². The summed E-state index contributed by atoms with van der Waals surface area (Å²) in [6, 6.07) is 0. The molecular formula is C18H32O16. The van der Waals surface area contributed by atoms with E-state index in [1.807, 2.05) is 0 Å². The summed E-state index contributed by atoms with van der Waals surface area (Å²) in [5, 5.41) is 108. The zero-order valence-corrected chi connectivity index (χ0v) is 17.7. The first-order valence-electron chi connectivity index (χ1n) is 10.6. The van der Waals surface area contributed by atoms with Gasteiger partial charge in [0.2, 0.25) is 0 Å². The standard InChI is InChI=1S/C18H32O16/c19-1-6-7(22)8(23)12(27)17(32-6)30-3-5(21)15-10(25)13(28)18(34-15)31-2-4(20)14-9(24)11(26)16(29)33-14/h4-29H,1-3H2/t4-,5-,6+,7-,8+,9-,10-,11+,12+,13+,14-,15-,16+,17+,18+/m0/s1. The summed E-state index contributed by atoms with van der Waals surface area (Å²) in [6.45, 7) is -1.93. The average Bonchev–Trinajstić information content (AvgIpc) is 3.25. The molecule has 0 aromatic rings. The van der Waals surface area contributed by atoms with E-state index in [0.29, 0.717) is 0 Å². The van der Waals surface area contributed by atoms with Crippen LogP contribution in [0.15, 0.2) is 0 Å². The molecule has 16 heteroatoms. The van der Waals surface area contributed by atoms with Crippen LogP contribution in [0.25, 0.3) is 0 Å². The molecule has 11 N–H and O–H groups in total. The molecule has 0 aromatic heterocycles. The van der Waals surface area contributed by atoms with Crippen molar-refractivity contribution in [2.75, 3.05) is 19.8 Å². The average molecular weight is 504 g/mol. The zero-order valence-electron chi connectivity index (χ0n) is 17.7. The normalized spacial score (nSPS) is 49.3. The van der Waals surface area contributed by atoms with E-state index in [0.717, 1.165) is 0 Å². The lowest BCUT2D eigenvalue weighted by atomic mass is 9.99. The van der Waals surface area contributed by atoms with Gasteiger partial charge in [-0.3, -0.25) is 0 Å². The van der Waals surface area contributed by atoms with Crippen LogP contribution in [-0.2, 0) is 23.7 Å². The lowest BCUT2D eigenvalue weighted by Crippen LogP contribution is -2.59. The maximum Gasteiger partial charge on any atom is 0.186 e. The lowest BCUT2D eigenvalue weighted by Gasteiger charge is -2.40. The van der Waals surface area contributed by atoms with Crippen LogP contribution < -0.4 is 0 Å². The Balaban J connectivity index is 1.49. The van der Waals surface area contributed by atoms with Crippen molar-refractivity contribution in [2.24, 2.45) is 0 Å². The Kier molecular flexibility index (Phi) is 9.54. The number of aliphatic hydroxyl groups is 11. The van der Waals surface area contributed by atoms with E-state index in [2.05, 4.69) is 0 Å². The summed E-state index contributed by atoms with van der Waals surface area (Å²) in [6.07, 6.45) is -23.7. The fourth-order valence-electron chi connectivity index (χ4n) is 3.91. The molecule has 3 heterocycles. The fraction of sp³-hybridized carbons (Fsp3) is 1.00. The molecule has 0 amide bonds. The summed E-state index contributed by atoms with van der Waals surface area (Å²) >= 11 is 0. The zero-order chi connectivity index (χ0) is 25.3. The third kappa shape index (κ3) is 5.68. The summed E-state index contributed by atoms with van der Waals surface area (Å²) in [4.78, 5) is 0. The molecule has 3 aliphatic heterocycles. The molecular weight excluding hydrogens is 472 g/mol. The van der Waals surface area contributed by atoms with Gasteiger partial charge in [-0.25, -0.2) is 0 Å². The highest BCUT2D eigenvalue weighted by molar-refractivity contribution is 4.93. The molecule has 0 radical (unpaired) electrons. The first kappa shape index (κ1) is 27.9. The van der Waals surface area contributed by atoms with Gasteiger partial charge in [-0.15, -0.1) is 0 Å². The van der Waals surface area contributed by atoms with Gasteiger partial charge in [-0.2, -0.15) is 0 Å². The SMILES string of the molecule is OC[C@H]1O[C@@H](OC[C@H](O)[C@@H]2O[C@@H](OC[C@H](O)[C@@H]3O[C@@H](O)[C@H](O)[C@@H]3O)[C@H](O)[C@@H]2O)[C@H](O)[C@H](O)[C@H]1O. The highest BCUT2D eigenvalue weighted by Crippen LogP contribution is 2.28. The summed E-state index contributed by atoms with van der Waals surface area (Å²) in [7, 11) is 0. The van der Waals surface area contributed by atoms with E-state index < -0.39 is 112 Å². The minimum atomic E-state index is -1.72. The molecule has 3 fully saturated rings. The van der Waals surface area contributed by atoms with Gasteiger partial charge in [0, 0.05) is 0 Å². The van der Waals surface area contributed by atoms with E-state index in [1.165, 1.54) is 0 Å². The van der Waals surface area contributed by atoms with Crippen LogP contribution in [0.5, 0.6) is 0 Å². The van der Waals surface area contributed by atoms with E-state index in [4.69, 9.17) is 23.7 Å². The second-order valence-electron chi connectivity index (χ2n) is 8.42. The topological polar surface area (TPSA) is 269 Å². The minimum Gasteiger partial charge on any atom is -0.394 e. The lowest BCUT2D eigenvalue weighted by molar-refractivity contribution is -0.307. The smallest absolute Gasteiger partial charge is 0.186 e. The predicted molar refractivity (Wildman–Crippen MR) is 101 cm³/mol. The third-order valence-corrected chi connectivity index (χ3v) is 6.00. The second kappa shape index (κ2) is 11.6. The maximum absolute atomic E-state index is 10.3. The molecule has 3 aliphatic rings. The van der Waals surface area contributed by atoms with Crippen molar-refractivity contribution in [3.05, 3.63) is 0 Å². The van der Waals surface area contributed by atoms with Crippen molar-refractivity contribution < 1.29 is 79.9 Å². The van der Waals surface area contributed by atoms with Gasteiger partial charge in [-0.1, -0.05) is 0 Å². The third-order valence-electron chi connectivity index (χ3n) is 6.00. The first-order chi connectivity index (χ1) is 16.0. The Morgan fingerprint density at radius 2 is 1.03 bits per heavy atom. The molecule has 0 unspecified atom stereocenters. The number of hydrogen-bond donors (Lipinski definition) is 11. The number of aliphatic hydroxyl groups excluding tert-OH is 11. The first-order valence-corrected chi connectivity index (χ1v) is 10.6. The molecule has 15 atom stereocenters. The van der Waals surface area contributed by atoms with Gasteiger partial charge in [-0.05, 0) is 0 Å². The van der Waals surface area contributed by atoms with Crippen molar-refractivity contribution in [2.45, 2.75) is 92.1 Å². The second-order valence-corrected chi connectivity index (χ2v) is 8.42. The van der Waals surface area contributed by atoms with Crippen molar-refractivity contribution in [3.8, 4) is 0 Å². The predicted octanol–water partition coefficient (Wildman–Crippen LogP) is -7.57. The van der Waals surface area contributed by atoms with Gasteiger partial charge in [0.1, 0.15) is 73.2 Å². The Morgan fingerprint density at radius 3 is 1.53 bits per heavy atom. The number of ether oxygens (including phenoxy) is 5. The van der Waals surface area contributed by atoms with Crippen molar-refractivity contribution in [1.82, 2.24) is 0 Å². The summed E-state index contributed by atoms with van der Waals surface area (Å²) in [5.74, 6) is 0. The quantitative estimate of drug-likeness (QED) is 0.139. The van der Waals surface area contributed by atoms with Gasteiger partial charge in [0.25, 0.3) is 0 Å². The van der Waals surface area contributed by atoms with Crippen molar-refractivity contribution >= 4 is 0 Å². The van der Waals surface area contributed by atoms with Gasteiger partial charge in [0.05, 0.1) is 19.8 Å². The van der Waals surface area contributed by atoms with Crippen molar-refractivity contribution in [3.63, 3.8) is 0 Å². The molecule has 0 saturated carbocycles. The monoisotopic (exact) mass is 504 g/mol. The summed E-state index contributed by atoms with van der Waals surface area (Å²) in [5.41, 5.74) is 0. The highest BCUT2D eigenvalue weighted by Gasteiger charge is 2.50. The largest absolute Gasteiger partial charge is 0.394 e. The Bertz CT molecular complexity index is 639. The van der Waals surface area contributed by atoms with E-state index >= 15 is 0 Å². The van der Waals surface area contributed by atoms with Crippen LogP contribution in [0, 0.1) is 0 Å². The van der Waals surface area contributed by atoms with E-state index in [1.54, 1.807) is 0 Å². The molecule has 3 saturated heterocycles. The Hall–Kier alpha value is -0.640. The Morgan fingerprint density at radius 1 is 0.559 bits per heavy atom. The number of hydrogen-bond acceptors (Lipinski definition) is 16. The molecule has 200 valence electrons. The molecule has 0 aliphatic carbocycles. The summed E-state index contributed by atoms with van der Waals surface area (Å²) < 4.78 is 25.6. The van der Waals surface area contributed by atoms with Gasteiger partial charge < -0.3 is 79.9 Å². The molecule has 34 heavy (non-hydrogen) atoms. The van der Waals surface area contributed by atoms with Gasteiger partial charge in [0.15, 0.2) is 18.9 Å². The molecule has 0 bridgehead atoms. The van der Waals surface area contributed by atoms with Crippen molar-refractivity contribution in [1.29, 1.82) is 0 Å². The van der Waals surface area contributed by atoms with Crippen LogP contribution in [-0.4, -0.2) is 168 Å². The molecule has 0 spiro atoms. The fourth-order valence-corrected chi connectivity index (χ4v) is 3.91. The molecule has 0 aromatic carbocycles. The maximum atomic E-state index is 10.3. The van der Waals surface area contributed by atoms with Crippen LogP contribution in [0.2, 0.25) is 0 Å². The van der Waals surface area contributed by atoms with Crippen LogP contribution in [0.3, 0.4) is 0 Å². The van der Waals surface area contributed by atoms with E-state index in [9.17, 15) is 56.2 Å². The van der Waals surface area contributed by atoms with Crippen LogP contribution in [0.1, 0.15) is 0 Å². The minimum absolute atomic E-state index is 0.611. The molecule has 16 nitrogen and oxygen atoms in total. The van der Waals surface area contributed by atoms with Crippen LogP contribution in [0.4, 0.5) is 0 Å². The molecule has 3 rings (SSSR count). The Labute approximate surface area is 192 Å². The van der Waals surface area contributed by atoms with Gasteiger partial charge >= 0.3 is 0 Å². The highest BCUT2D eigenvalue weighted by atomic mass is 16.7. The number of rotatable bonds is 9.